The van der Waals surface area contributed by atoms with Gasteiger partial charge in [-0.15, -0.1) is 0 Å². The molecule has 0 heterocycles. The van der Waals surface area contributed by atoms with Crippen LogP contribution >= 0.6 is 0 Å². The number of unbranched alkanes of at least 4 members (excludes halogenated alkanes) is 4. The van der Waals surface area contributed by atoms with E-state index in [1.165, 1.54) is 38.5 Å². The van der Waals surface area contributed by atoms with Crippen molar-refractivity contribution >= 4 is 0 Å². The minimum atomic E-state index is 0.855. The smallest absolute Gasteiger partial charge is 0.00773 e. The van der Waals surface area contributed by atoms with Crippen LogP contribution in [0.4, 0.5) is 0 Å². The molecule has 0 aromatic rings. The fraction of sp³-hybridized carbons (Fsp3) is 1.00. The van der Waals surface area contributed by atoms with Crippen LogP contribution in [0, 0.1) is 0 Å². The van der Waals surface area contributed by atoms with E-state index in [1.807, 2.05) is 0 Å². The molecule has 0 saturated heterocycles. The van der Waals surface area contributed by atoms with E-state index in [0.29, 0.717) is 0 Å². The predicted octanol–water partition coefficient (Wildman–Crippen LogP) is 3.33. The van der Waals surface area contributed by atoms with Crippen LogP contribution in [0.3, 0.4) is 0 Å². The summed E-state index contributed by atoms with van der Waals surface area (Å²) >= 11 is 0. The van der Waals surface area contributed by atoms with Gasteiger partial charge in [0.15, 0.2) is 0 Å². The molecule has 0 aliphatic heterocycles. The lowest BCUT2D eigenvalue weighted by molar-refractivity contribution is 0.727. The van der Waals surface area contributed by atoms with Crippen LogP contribution in [-0.4, -0.2) is 6.54 Å². The maximum Gasteiger partial charge on any atom is -0.00773 e. The molecule has 0 atom stereocenters. The summed E-state index contributed by atoms with van der Waals surface area (Å²) in [5, 5.41) is 0. The highest BCUT2D eigenvalue weighted by Crippen LogP contribution is 1.88. The Kier molecular flexibility index (Phi) is 20.3. The molecule has 70 valence electrons. The molecule has 0 aromatic carbocycles. The van der Waals surface area contributed by atoms with E-state index in [1.54, 1.807) is 0 Å². The van der Waals surface area contributed by atoms with Crippen molar-refractivity contribution in [2.24, 2.45) is 5.73 Å². The zero-order chi connectivity index (χ0) is 8.95. The largest absolute Gasteiger partial charge is 0.330 e. The summed E-state index contributed by atoms with van der Waals surface area (Å²) in [5.74, 6) is 0. The molecule has 0 spiro atoms. The molecule has 1 nitrogen and oxygen atoms in total. The molecule has 0 amide bonds. The SMILES string of the molecule is CCCCC.CCCCCN. The Balaban J connectivity index is 0. The first kappa shape index (κ1) is 13.5. The van der Waals surface area contributed by atoms with Crippen molar-refractivity contribution in [1.82, 2.24) is 0 Å². The Bertz CT molecular complexity index is 38.1. The molecule has 0 radical (unpaired) electrons. The molecule has 0 unspecified atom stereocenters. The molecule has 0 aromatic heterocycles. The molecule has 0 bridgehead atoms. The predicted molar refractivity (Wildman–Crippen MR) is 53.8 cm³/mol. The molecule has 2 N–H and O–H groups in total. The summed E-state index contributed by atoms with van der Waals surface area (Å²) in [5.41, 5.74) is 5.21. The number of hydrogen-bond donors (Lipinski definition) is 1. The van der Waals surface area contributed by atoms with Gasteiger partial charge in [-0.1, -0.05) is 52.9 Å². The van der Waals surface area contributed by atoms with Crippen LogP contribution in [0.5, 0.6) is 0 Å². The van der Waals surface area contributed by atoms with E-state index in [-0.39, 0.29) is 0 Å². The first-order valence-electron chi connectivity index (χ1n) is 5.03. The molecule has 0 rings (SSSR count). The molecule has 0 saturated carbocycles. The second kappa shape index (κ2) is 16.5. The maximum atomic E-state index is 5.21. The van der Waals surface area contributed by atoms with E-state index in [9.17, 15) is 0 Å². The Hall–Kier alpha value is -0.0400. The second-order valence-corrected chi connectivity index (χ2v) is 2.85. The summed E-state index contributed by atoms with van der Waals surface area (Å²) in [6.07, 6.45) is 7.83. The van der Waals surface area contributed by atoms with E-state index < -0.39 is 0 Å². The topological polar surface area (TPSA) is 26.0 Å². The third-order valence-electron chi connectivity index (χ3n) is 1.51. The molecular formula is C10H25N. The first-order valence-corrected chi connectivity index (χ1v) is 5.03. The average molecular weight is 159 g/mol. The minimum absolute atomic E-state index is 0.855. The van der Waals surface area contributed by atoms with Crippen LogP contribution in [0.2, 0.25) is 0 Å². The van der Waals surface area contributed by atoms with Gasteiger partial charge in [0.25, 0.3) is 0 Å². The summed E-state index contributed by atoms with van der Waals surface area (Å²) < 4.78 is 0. The van der Waals surface area contributed by atoms with Crippen molar-refractivity contribution in [3.63, 3.8) is 0 Å². The lowest BCUT2D eigenvalue weighted by Gasteiger charge is -1.86. The second-order valence-electron chi connectivity index (χ2n) is 2.85. The zero-order valence-corrected chi connectivity index (χ0v) is 8.53. The van der Waals surface area contributed by atoms with Gasteiger partial charge in [-0.05, 0) is 13.0 Å². The third kappa shape index (κ3) is 25.7. The minimum Gasteiger partial charge on any atom is -0.330 e. The molecule has 0 aliphatic rings. The molecule has 11 heavy (non-hydrogen) atoms. The van der Waals surface area contributed by atoms with Crippen molar-refractivity contribution in [1.29, 1.82) is 0 Å². The quantitative estimate of drug-likeness (QED) is 0.612. The highest BCUT2D eigenvalue weighted by atomic mass is 14.5. The highest BCUT2D eigenvalue weighted by Gasteiger charge is 1.75. The number of hydrogen-bond acceptors (Lipinski definition) is 1. The summed E-state index contributed by atoms with van der Waals surface area (Å²) in [7, 11) is 0. The molecule has 0 aliphatic carbocycles. The van der Waals surface area contributed by atoms with Gasteiger partial charge in [0.05, 0.1) is 0 Å². The first-order chi connectivity index (χ1) is 5.33. The molecular weight excluding hydrogens is 134 g/mol. The zero-order valence-electron chi connectivity index (χ0n) is 8.53. The Labute approximate surface area is 72.4 Å². The number of rotatable bonds is 5. The van der Waals surface area contributed by atoms with E-state index in [0.717, 1.165) is 6.54 Å². The van der Waals surface area contributed by atoms with Crippen molar-refractivity contribution in [3.8, 4) is 0 Å². The normalized spacial score (nSPS) is 8.73. The lowest BCUT2D eigenvalue weighted by atomic mass is 10.3. The van der Waals surface area contributed by atoms with Gasteiger partial charge in [-0.25, -0.2) is 0 Å². The van der Waals surface area contributed by atoms with Crippen LogP contribution in [-0.2, 0) is 0 Å². The van der Waals surface area contributed by atoms with Crippen molar-refractivity contribution in [2.45, 2.75) is 59.3 Å². The van der Waals surface area contributed by atoms with Crippen molar-refractivity contribution in [2.75, 3.05) is 6.54 Å². The van der Waals surface area contributed by atoms with Crippen molar-refractivity contribution < 1.29 is 0 Å². The monoisotopic (exact) mass is 159 g/mol. The van der Waals surface area contributed by atoms with E-state index in [2.05, 4.69) is 20.8 Å². The third-order valence-corrected chi connectivity index (χ3v) is 1.51. The van der Waals surface area contributed by atoms with Crippen molar-refractivity contribution in [3.05, 3.63) is 0 Å². The van der Waals surface area contributed by atoms with E-state index in [4.69, 9.17) is 5.73 Å². The number of nitrogens with two attached hydrogens (primary N) is 1. The van der Waals surface area contributed by atoms with Gasteiger partial charge < -0.3 is 5.73 Å². The van der Waals surface area contributed by atoms with Gasteiger partial charge in [0.2, 0.25) is 0 Å². The molecule has 1 heteroatoms. The van der Waals surface area contributed by atoms with Gasteiger partial charge in [0, 0.05) is 0 Å². The van der Waals surface area contributed by atoms with Gasteiger partial charge >= 0.3 is 0 Å². The van der Waals surface area contributed by atoms with Crippen LogP contribution in [0.15, 0.2) is 0 Å². The van der Waals surface area contributed by atoms with Crippen LogP contribution in [0.1, 0.15) is 59.3 Å². The van der Waals surface area contributed by atoms with Crippen LogP contribution in [0.25, 0.3) is 0 Å². The lowest BCUT2D eigenvalue weighted by Crippen LogP contribution is -1.96. The highest BCUT2D eigenvalue weighted by molar-refractivity contribution is 4.35. The Morgan fingerprint density at radius 3 is 1.27 bits per heavy atom. The fourth-order valence-electron chi connectivity index (χ4n) is 0.748. The summed E-state index contributed by atoms with van der Waals surface area (Å²) in [6, 6.07) is 0. The summed E-state index contributed by atoms with van der Waals surface area (Å²) in [6.45, 7) is 7.45. The van der Waals surface area contributed by atoms with Crippen LogP contribution < -0.4 is 5.73 Å². The van der Waals surface area contributed by atoms with Gasteiger partial charge in [0.1, 0.15) is 0 Å². The van der Waals surface area contributed by atoms with Gasteiger partial charge in [-0.3, -0.25) is 0 Å². The van der Waals surface area contributed by atoms with Gasteiger partial charge in [-0.2, -0.15) is 0 Å². The average Bonchev–Trinajstić information content (AvgIpc) is 2.04. The molecule has 0 fully saturated rings. The standard InChI is InChI=1S/C5H13N.C5H12/c1-2-3-4-5-6;1-3-5-4-2/h2-6H2,1H3;3-5H2,1-2H3. The summed E-state index contributed by atoms with van der Waals surface area (Å²) in [4.78, 5) is 0. The Morgan fingerprint density at radius 1 is 0.727 bits per heavy atom. The maximum absolute atomic E-state index is 5.21. The van der Waals surface area contributed by atoms with E-state index >= 15 is 0 Å². The fourth-order valence-corrected chi connectivity index (χ4v) is 0.748. The Morgan fingerprint density at radius 2 is 1.18 bits per heavy atom.